The molecule has 3 aliphatic rings. The number of rotatable bonds is 6. The number of hydrogen-bond acceptors (Lipinski definition) is 4. The number of aliphatic carboxylic acids is 1. The van der Waals surface area contributed by atoms with Gasteiger partial charge in [0.1, 0.15) is 0 Å². The molecule has 3 fully saturated rings. The van der Waals surface area contributed by atoms with Crippen LogP contribution >= 0.6 is 0 Å². The minimum Gasteiger partial charge on any atom is -0.481 e. The zero-order valence-corrected chi connectivity index (χ0v) is 17.4. The number of amides is 1. The van der Waals surface area contributed by atoms with Gasteiger partial charge in [0, 0.05) is 51.7 Å². The standard InChI is InChI=1S/C23H33N3O3/c1-24-13-15-25(16-14-24)20-9-12-26(17-18(20)7-8-21(27)28)22(29)23(10-11-23)19-5-3-2-4-6-19/h2-6,18,20H,7-17H2,1H3,(H,27,28)/t18-,20+/m1/s1. The Kier molecular flexibility index (Phi) is 5.93. The number of carboxylic acids is 1. The van der Waals surface area contributed by atoms with Crippen molar-refractivity contribution in [2.24, 2.45) is 5.92 Å². The van der Waals surface area contributed by atoms with Gasteiger partial charge < -0.3 is 14.9 Å². The molecule has 0 unspecified atom stereocenters. The molecule has 0 bridgehead atoms. The van der Waals surface area contributed by atoms with Crippen molar-refractivity contribution < 1.29 is 14.7 Å². The van der Waals surface area contributed by atoms with Gasteiger partial charge in [0.15, 0.2) is 0 Å². The molecule has 2 aliphatic heterocycles. The molecule has 2 saturated heterocycles. The van der Waals surface area contributed by atoms with Crippen molar-refractivity contribution in [1.29, 1.82) is 0 Å². The number of nitrogens with zero attached hydrogens (tertiary/aromatic N) is 3. The van der Waals surface area contributed by atoms with Crippen molar-refractivity contribution in [1.82, 2.24) is 14.7 Å². The summed E-state index contributed by atoms with van der Waals surface area (Å²) in [5.41, 5.74) is 0.799. The van der Waals surface area contributed by atoms with Crippen LogP contribution in [0.15, 0.2) is 30.3 Å². The lowest BCUT2D eigenvalue weighted by Gasteiger charge is -2.47. The second-order valence-corrected chi connectivity index (χ2v) is 9.09. The number of likely N-dealkylation sites (N-methyl/N-ethyl adjacent to an activating group) is 1. The van der Waals surface area contributed by atoms with E-state index in [1.165, 1.54) is 0 Å². The van der Waals surface area contributed by atoms with Crippen LogP contribution in [0, 0.1) is 5.92 Å². The summed E-state index contributed by atoms with van der Waals surface area (Å²) < 4.78 is 0. The molecule has 2 heterocycles. The molecule has 1 saturated carbocycles. The Balaban J connectivity index is 1.46. The fourth-order valence-corrected chi connectivity index (χ4v) is 5.24. The first-order chi connectivity index (χ1) is 14.0. The van der Waals surface area contributed by atoms with Gasteiger partial charge in [-0.15, -0.1) is 0 Å². The monoisotopic (exact) mass is 399 g/mol. The second kappa shape index (κ2) is 8.44. The molecule has 2 atom stereocenters. The van der Waals surface area contributed by atoms with E-state index >= 15 is 0 Å². The summed E-state index contributed by atoms with van der Waals surface area (Å²) in [7, 11) is 2.15. The van der Waals surface area contributed by atoms with Crippen molar-refractivity contribution in [2.45, 2.75) is 43.6 Å². The van der Waals surface area contributed by atoms with E-state index < -0.39 is 5.97 Å². The maximum Gasteiger partial charge on any atom is 0.303 e. The summed E-state index contributed by atoms with van der Waals surface area (Å²) in [6.07, 6.45) is 3.63. The van der Waals surface area contributed by atoms with E-state index in [1.54, 1.807) is 0 Å². The average molecular weight is 400 g/mol. The Hall–Kier alpha value is -1.92. The van der Waals surface area contributed by atoms with Gasteiger partial charge >= 0.3 is 5.97 Å². The molecule has 6 heteroatoms. The van der Waals surface area contributed by atoms with Crippen molar-refractivity contribution in [3.05, 3.63) is 35.9 Å². The van der Waals surface area contributed by atoms with E-state index in [4.69, 9.17) is 0 Å². The lowest BCUT2D eigenvalue weighted by atomic mass is 9.85. The Morgan fingerprint density at radius 2 is 1.76 bits per heavy atom. The molecule has 0 spiro atoms. The predicted octanol–water partition coefficient (Wildman–Crippen LogP) is 2.05. The van der Waals surface area contributed by atoms with E-state index in [0.717, 1.165) is 57.5 Å². The second-order valence-electron chi connectivity index (χ2n) is 9.09. The first-order valence-electron chi connectivity index (χ1n) is 11.0. The Labute approximate surface area is 173 Å². The van der Waals surface area contributed by atoms with Crippen molar-refractivity contribution >= 4 is 11.9 Å². The zero-order chi connectivity index (χ0) is 20.4. The maximum absolute atomic E-state index is 13.5. The van der Waals surface area contributed by atoms with Crippen LogP contribution < -0.4 is 0 Å². The highest BCUT2D eigenvalue weighted by Crippen LogP contribution is 2.50. The number of hydrogen-bond donors (Lipinski definition) is 1. The van der Waals surface area contributed by atoms with Crippen LogP contribution in [-0.2, 0) is 15.0 Å². The van der Waals surface area contributed by atoms with Crippen molar-refractivity contribution in [2.75, 3.05) is 46.3 Å². The van der Waals surface area contributed by atoms with Gasteiger partial charge in [-0.05, 0) is 44.2 Å². The molecule has 1 aromatic rings. The van der Waals surface area contributed by atoms with E-state index in [-0.39, 0.29) is 23.7 Å². The van der Waals surface area contributed by atoms with Gasteiger partial charge in [0.25, 0.3) is 0 Å². The topological polar surface area (TPSA) is 64.1 Å². The third-order valence-corrected chi connectivity index (χ3v) is 7.20. The highest BCUT2D eigenvalue weighted by Gasteiger charge is 2.53. The fraction of sp³-hybridized carbons (Fsp3) is 0.652. The van der Waals surface area contributed by atoms with Crippen LogP contribution in [0.3, 0.4) is 0 Å². The van der Waals surface area contributed by atoms with Crippen LogP contribution in [0.1, 0.15) is 37.7 Å². The third-order valence-electron chi connectivity index (χ3n) is 7.20. The summed E-state index contributed by atoms with van der Waals surface area (Å²) in [5, 5.41) is 9.24. The minimum absolute atomic E-state index is 0.181. The van der Waals surface area contributed by atoms with Crippen molar-refractivity contribution in [3.8, 4) is 0 Å². The number of carbonyl (C=O) groups is 2. The molecule has 1 amide bonds. The molecular formula is C23H33N3O3. The first-order valence-corrected chi connectivity index (χ1v) is 11.0. The van der Waals surface area contributed by atoms with Gasteiger partial charge in [0.05, 0.1) is 5.41 Å². The lowest BCUT2D eigenvalue weighted by molar-refractivity contribution is -0.138. The SMILES string of the molecule is CN1CCN([C@H]2CCN(C(=O)C3(c4ccccc4)CC3)C[C@H]2CCC(=O)O)CC1. The largest absolute Gasteiger partial charge is 0.481 e. The molecule has 1 aliphatic carbocycles. The Bertz CT molecular complexity index is 726. The molecule has 4 rings (SSSR count). The fourth-order valence-electron chi connectivity index (χ4n) is 5.24. The number of carboxylic acid groups (broad SMARTS) is 1. The Morgan fingerprint density at radius 1 is 1.07 bits per heavy atom. The third kappa shape index (κ3) is 4.33. The van der Waals surface area contributed by atoms with Gasteiger partial charge in [-0.3, -0.25) is 14.5 Å². The highest BCUT2D eigenvalue weighted by atomic mass is 16.4. The molecule has 158 valence electrons. The normalized spacial score (nSPS) is 27.6. The number of likely N-dealkylation sites (tertiary alicyclic amines) is 1. The number of piperidine rings is 1. The lowest BCUT2D eigenvalue weighted by Crippen LogP contribution is -2.57. The van der Waals surface area contributed by atoms with Crippen LogP contribution in [0.5, 0.6) is 0 Å². The predicted molar refractivity (Wildman–Crippen MR) is 112 cm³/mol. The number of benzene rings is 1. The summed E-state index contributed by atoms with van der Waals surface area (Å²) >= 11 is 0. The molecule has 0 aromatic heterocycles. The first kappa shape index (κ1) is 20.4. The van der Waals surface area contributed by atoms with Crippen LogP contribution in [0.2, 0.25) is 0 Å². The molecule has 0 radical (unpaired) electrons. The van der Waals surface area contributed by atoms with Gasteiger partial charge in [0.2, 0.25) is 5.91 Å². The van der Waals surface area contributed by atoms with Crippen LogP contribution in [-0.4, -0.2) is 84.0 Å². The number of carbonyl (C=O) groups excluding carboxylic acids is 1. The summed E-state index contributed by atoms with van der Waals surface area (Å²) in [6.45, 7) is 5.66. The zero-order valence-electron chi connectivity index (χ0n) is 17.4. The molecule has 29 heavy (non-hydrogen) atoms. The molecule has 1 N–H and O–H groups in total. The van der Waals surface area contributed by atoms with Gasteiger partial charge in [-0.2, -0.15) is 0 Å². The smallest absolute Gasteiger partial charge is 0.303 e. The summed E-state index contributed by atoms with van der Waals surface area (Å²) in [5.74, 6) is -0.256. The summed E-state index contributed by atoms with van der Waals surface area (Å²) in [6, 6.07) is 10.6. The van der Waals surface area contributed by atoms with E-state index in [1.807, 2.05) is 23.1 Å². The summed E-state index contributed by atoms with van der Waals surface area (Å²) in [4.78, 5) is 31.6. The average Bonchev–Trinajstić information content (AvgIpc) is 3.55. The quantitative estimate of drug-likeness (QED) is 0.793. The minimum atomic E-state index is -0.742. The van der Waals surface area contributed by atoms with Crippen molar-refractivity contribution in [3.63, 3.8) is 0 Å². The highest BCUT2D eigenvalue weighted by molar-refractivity contribution is 5.91. The molecule has 1 aromatic carbocycles. The molecular weight excluding hydrogens is 366 g/mol. The van der Waals surface area contributed by atoms with Gasteiger partial charge in [-0.1, -0.05) is 30.3 Å². The van der Waals surface area contributed by atoms with E-state index in [9.17, 15) is 14.7 Å². The Morgan fingerprint density at radius 3 is 2.38 bits per heavy atom. The van der Waals surface area contributed by atoms with E-state index in [0.29, 0.717) is 19.0 Å². The van der Waals surface area contributed by atoms with Crippen LogP contribution in [0.25, 0.3) is 0 Å². The number of piperazine rings is 1. The van der Waals surface area contributed by atoms with Gasteiger partial charge in [-0.25, -0.2) is 0 Å². The maximum atomic E-state index is 13.5. The van der Waals surface area contributed by atoms with E-state index in [2.05, 4.69) is 29.0 Å². The molecule has 6 nitrogen and oxygen atoms in total. The van der Waals surface area contributed by atoms with Crippen LogP contribution in [0.4, 0.5) is 0 Å².